The van der Waals surface area contributed by atoms with E-state index >= 15 is 0 Å². The van der Waals surface area contributed by atoms with E-state index in [9.17, 15) is 0 Å². The Bertz CT molecular complexity index is 1070. The molecule has 2 aliphatic carbocycles. The van der Waals surface area contributed by atoms with E-state index in [2.05, 4.69) is 81.5 Å². The van der Waals surface area contributed by atoms with Gasteiger partial charge in [0.25, 0.3) is 0 Å². The second-order valence-corrected chi connectivity index (χ2v) is 13.6. The molecule has 3 heterocycles. The third-order valence-corrected chi connectivity index (χ3v) is 9.91. The van der Waals surface area contributed by atoms with Crippen LogP contribution in [0.2, 0.25) is 0 Å². The molecule has 0 saturated carbocycles. The molecule has 5 rings (SSSR count). The maximum atomic E-state index is 5.20. The summed E-state index contributed by atoms with van der Waals surface area (Å²) in [4.78, 5) is 12.5. The van der Waals surface area contributed by atoms with Gasteiger partial charge in [-0.1, -0.05) is 65.0 Å². The van der Waals surface area contributed by atoms with Gasteiger partial charge in [0.15, 0.2) is 0 Å². The van der Waals surface area contributed by atoms with Crippen LogP contribution in [0.4, 0.5) is 0 Å². The Balaban J connectivity index is 1.25. The van der Waals surface area contributed by atoms with Crippen molar-refractivity contribution in [1.29, 1.82) is 0 Å². The van der Waals surface area contributed by atoms with Crippen LogP contribution in [0.1, 0.15) is 89.8 Å². The number of aromatic nitrogens is 1. The number of allylic oxidation sites excluding steroid dienone is 7. The Hall–Kier alpha value is -1.78. The Labute approximate surface area is 216 Å². The van der Waals surface area contributed by atoms with Crippen molar-refractivity contribution >= 4 is 23.1 Å². The molecule has 188 valence electrons. The number of nitrogens with zero attached hydrogens (tertiary/aromatic N) is 3. The molecule has 2 unspecified atom stereocenters. The molecule has 2 atom stereocenters. The fraction of sp³-hybridized carbons (Fsp3) is 0.613. The maximum Gasteiger partial charge on any atom is 0.0964 e. The van der Waals surface area contributed by atoms with Crippen LogP contribution in [-0.4, -0.2) is 35.7 Å². The molecule has 1 fully saturated rings. The first-order chi connectivity index (χ1) is 16.7. The van der Waals surface area contributed by atoms with E-state index in [4.69, 9.17) is 9.98 Å². The molecule has 0 N–H and O–H groups in total. The number of aliphatic imine (C=N–C) groups is 1. The van der Waals surface area contributed by atoms with Gasteiger partial charge in [0, 0.05) is 35.7 Å². The zero-order chi connectivity index (χ0) is 24.6. The molecule has 1 aromatic heterocycles. The third kappa shape index (κ3) is 5.64. The fourth-order valence-electron chi connectivity index (χ4n) is 5.86. The van der Waals surface area contributed by atoms with E-state index in [1.165, 1.54) is 53.2 Å². The number of fused-ring (bicyclic) bond motifs is 1. The van der Waals surface area contributed by atoms with Crippen LogP contribution in [0, 0.1) is 22.7 Å². The molecule has 1 saturated heterocycles. The molecule has 0 aromatic carbocycles. The summed E-state index contributed by atoms with van der Waals surface area (Å²) in [5, 5.41) is 3.63. The summed E-state index contributed by atoms with van der Waals surface area (Å²) in [7, 11) is 0. The van der Waals surface area contributed by atoms with Gasteiger partial charge in [-0.2, -0.15) is 0 Å². The van der Waals surface area contributed by atoms with Gasteiger partial charge in [-0.15, -0.1) is 11.3 Å². The number of rotatable bonds is 4. The molecule has 1 aromatic rings. The van der Waals surface area contributed by atoms with Crippen molar-refractivity contribution in [1.82, 2.24) is 9.88 Å². The van der Waals surface area contributed by atoms with E-state index < -0.39 is 0 Å². The Morgan fingerprint density at radius 1 is 1.03 bits per heavy atom. The molecular formula is C31H43N3S. The maximum absolute atomic E-state index is 5.20. The molecule has 0 radical (unpaired) electrons. The normalized spacial score (nSPS) is 29.0. The minimum atomic E-state index is 0.239. The van der Waals surface area contributed by atoms with Crippen LogP contribution >= 0.6 is 11.3 Å². The third-order valence-electron chi connectivity index (χ3n) is 8.90. The molecule has 0 spiro atoms. The van der Waals surface area contributed by atoms with Gasteiger partial charge in [0.1, 0.15) is 0 Å². The van der Waals surface area contributed by atoms with E-state index in [0.29, 0.717) is 11.8 Å². The van der Waals surface area contributed by atoms with Gasteiger partial charge in [0.2, 0.25) is 0 Å². The molecule has 3 nitrogen and oxygen atoms in total. The quantitative estimate of drug-likeness (QED) is 0.428. The van der Waals surface area contributed by atoms with Crippen molar-refractivity contribution in [2.75, 3.05) is 19.6 Å². The molecule has 4 aliphatic rings. The summed E-state index contributed by atoms with van der Waals surface area (Å²) in [5.74, 6) is 1.77. The minimum absolute atomic E-state index is 0.239. The van der Waals surface area contributed by atoms with Gasteiger partial charge in [-0.3, -0.25) is 9.89 Å². The molecular weight excluding hydrogens is 446 g/mol. The number of likely N-dealkylation sites (tertiary alicyclic amines) is 1. The van der Waals surface area contributed by atoms with E-state index in [0.717, 1.165) is 38.4 Å². The van der Waals surface area contributed by atoms with Crippen LogP contribution in [0.15, 0.2) is 52.0 Å². The largest absolute Gasteiger partial charge is 0.297 e. The summed E-state index contributed by atoms with van der Waals surface area (Å²) in [6, 6.07) is 0. The predicted molar refractivity (Wildman–Crippen MR) is 151 cm³/mol. The van der Waals surface area contributed by atoms with Crippen molar-refractivity contribution in [2.45, 2.75) is 79.1 Å². The standard InChI is InChI=1S/C31H43N3S/c1-22-6-9-27(32-15-10-22)20-34-16-11-23(12-17-34)29-33-28(21-35-29)24-7-8-25-19-26(18-24)31(4,5)14-13-30(25,2)3/h7-9,15,18-19,21-23,26H,6,10-14,16-17,20H2,1-5H3. The fourth-order valence-corrected chi connectivity index (χ4v) is 6.86. The number of thiazole rings is 1. The van der Waals surface area contributed by atoms with E-state index in [-0.39, 0.29) is 10.8 Å². The second kappa shape index (κ2) is 9.94. The Morgan fingerprint density at radius 3 is 2.63 bits per heavy atom. The van der Waals surface area contributed by atoms with Gasteiger partial charge in [0.05, 0.1) is 10.7 Å². The zero-order valence-electron chi connectivity index (χ0n) is 22.4. The summed E-state index contributed by atoms with van der Waals surface area (Å²) < 4.78 is 0. The summed E-state index contributed by atoms with van der Waals surface area (Å²) in [5.41, 5.74) is 5.74. The molecule has 2 bridgehead atoms. The highest BCUT2D eigenvalue weighted by Gasteiger charge is 2.36. The first-order valence-electron chi connectivity index (χ1n) is 13.7. The SMILES string of the molecule is CC1CC=NC(CN2CCC(c3nc(C4=CC5C=C(C=C4)C(C)(C)CCC5(C)C)cs3)CC2)=CC1. The average Bonchev–Trinajstić information content (AvgIpc) is 3.02. The molecule has 0 amide bonds. The van der Waals surface area contributed by atoms with Crippen LogP contribution in [0.3, 0.4) is 0 Å². The van der Waals surface area contributed by atoms with Gasteiger partial charge in [-0.05, 0) is 79.5 Å². The van der Waals surface area contributed by atoms with Crippen LogP contribution in [0.5, 0.6) is 0 Å². The minimum Gasteiger partial charge on any atom is -0.297 e. The first kappa shape index (κ1) is 24.9. The lowest BCUT2D eigenvalue weighted by Crippen LogP contribution is -2.34. The van der Waals surface area contributed by atoms with Gasteiger partial charge < -0.3 is 0 Å². The highest BCUT2D eigenvalue weighted by Crippen LogP contribution is 2.48. The predicted octanol–water partition coefficient (Wildman–Crippen LogP) is 8.05. The Kier molecular flexibility index (Phi) is 7.07. The van der Waals surface area contributed by atoms with Crippen molar-refractivity contribution in [3.8, 4) is 0 Å². The van der Waals surface area contributed by atoms with Crippen molar-refractivity contribution in [3.05, 3.63) is 57.7 Å². The summed E-state index contributed by atoms with van der Waals surface area (Å²) >= 11 is 1.87. The van der Waals surface area contributed by atoms with Crippen molar-refractivity contribution in [3.63, 3.8) is 0 Å². The number of piperidine rings is 1. The molecule has 2 aliphatic heterocycles. The van der Waals surface area contributed by atoms with Crippen LogP contribution < -0.4 is 0 Å². The monoisotopic (exact) mass is 489 g/mol. The second-order valence-electron chi connectivity index (χ2n) is 12.7. The van der Waals surface area contributed by atoms with Crippen LogP contribution in [-0.2, 0) is 0 Å². The summed E-state index contributed by atoms with van der Waals surface area (Å²) in [6.45, 7) is 15.3. The van der Waals surface area contributed by atoms with Crippen molar-refractivity contribution in [2.24, 2.45) is 27.7 Å². The van der Waals surface area contributed by atoms with Crippen molar-refractivity contribution < 1.29 is 0 Å². The topological polar surface area (TPSA) is 28.5 Å². The zero-order valence-corrected chi connectivity index (χ0v) is 23.2. The number of hydrogen-bond donors (Lipinski definition) is 0. The average molecular weight is 490 g/mol. The first-order valence-corrected chi connectivity index (χ1v) is 14.6. The Morgan fingerprint density at radius 2 is 1.83 bits per heavy atom. The lowest BCUT2D eigenvalue weighted by atomic mass is 9.74. The van der Waals surface area contributed by atoms with Gasteiger partial charge in [-0.25, -0.2) is 4.98 Å². The molecule has 4 heteroatoms. The van der Waals surface area contributed by atoms with E-state index in [1.807, 2.05) is 11.3 Å². The summed E-state index contributed by atoms with van der Waals surface area (Å²) in [6.07, 6.45) is 21.4. The lowest BCUT2D eigenvalue weighted by molar-refractivity contribution is 0.227. The highest BCUT2D eigenvalue weighted by molar-refractivity contribution is 7.09. The van der Waals surface area contributed by atoms with Crippen LogP contribution in [0.25, 0.3) is 5.57 Å². The van der Waals surface area contributed by atoms with E-state index in [1.54, 1.807) is 0 Å². The molecule has 35 heavy (non-hydrogen) atoms. The lowest BCUT2D eigenvalue weighted by Gasteiger charge is -2.31. The smallest absolute Gasteiger partial charge is 0.0964 e. The van der Waals surface area contributed by atoms with Gasteiger partial charge >= 0.3 is 0 Å². The number of hydrogen-bond acceptors (Lipinski definition) is 4. The highest BCUT2D eigenvalue weighted by atomic mass is 32.1.